The van der Waals surface area contributed by atoms with Crippen molar-refractivity contribution in [2.24, 2.45) is 0 Å². The molecule has 0 aliphatic carbocycles. The van der Waals surface area contributed by atoms with Crippen LogP contribution >= 0.6 is 0 Å². The molecular formula is C14H21NO4S. The quantitative estimate of drug-likeness (QED) is 0.916. The zero-order valence-corrected chi connectivity index (χ0v) is 12.6. The van der Waals surface area contributed by atoms with Gasteiger partial charge in [0.1, 0.15) is 0 Å². The van der Waals surface area contributed by atoms with Crippen molar-refractivity contribution in [3.8, 4) is 0 Å². The summed E-state index contributed by atoms with van der Waals surface area (Å²) in [5, 5.41) is 9.58. The van der Waals surface area contributed by atoms with Gasteiger partial charge in [0.05, 0.1) is 17.1 Å². The first-order chi connectivity index (χ1) is 9.45. The van der Waals surface area contributed by atoms with Crippen LogP contribution in [0.3, 0.4) is 0 Å². The molecule has 1 aromatic rings. The third kappa shape index (κ3) is 3.20. The van der Waals surface area contributed by atoms with E-state index >= 15 is 0 Å². The lowest BCUT2D eigenvalue weighted by Crippen LogP contribution is -2.42. The van der Waals surface area contributed by atoms with Crippen molar-refractivity contribution in [2.45, 2.75) is 36.9 Å². The van der Waals surface area contributed by atoms with Crippen LogP contribution in [0.5, 0.6) is 0 Å². The monoisotopic (exact) mass is 299 g/mol. The normalized spacial score (nSPS) is 22.6. The molecule has 0 spiro atoms. The maximum absolute atomic E-state index is 12.6. The van der Waals surface area contributed by atoms with Gasteiger partial charge in [0.2, 0.25) is 10.0 Å². The van der Waals surface area contributed by atoms with Crippen molar-refractivity contribution in [3.05, 3.63) is 29.8 Å². The van der Waals surface area contributed by atoms with E-state index in [4.69, 9.17) is 4.74 Å². The molecule has 1 fully saturated rings. The highest BCUT2D eigenvalue weighted by Gasteiger charge is 2.30. The number of hydrogen-bond acceptors (Lipinski definition) is 4. The Bertz CT molecular complexity index is 556. The SMILES string of the molecule is COC1CCCN(S(=O)(=O)c2cccc(C(C)O)c2)C1. The molecule has 1 aliphatic heterocycles. The van der Waals surface area contributed by atoms with Crippen LogP contribution in [0, 0.1) is 0 Å². The molecule has 1 aliphatic rings. The van der Waals surface area contributed by atoms with E-state index in [2.05, 4.69) is 0 Å². The summed E-state index contributed by atoms with van der Waals surface area (Å²) < 4.78 is 32.0. The summed E-state index contributed by atoms with van der Waals surface area (Å²) in [6, 6.07) is 6.48. The third-order valence-corrected chi connectivity index (χ3v) is 5.51. The maximum atomic E-state index is 12.6. The molecule has 2 unspecified atom stereocenters. The first kappa shape index (κ1) is 15.4. The molecule has 20 heavy (non-hydrogen) atoms. The van der Waals surface area contributed by atoms with E-state index in [1.54, 1.807) is 32.2 Å². The maximum Gasteiger partial charge on any atom is 0.243 e. The van der Waals surface area contributed by atoms with Crippen molar-refractivity contribution < 1.29 is 18.3 Å². The van der Waals surface area contributed by atoms with Crippen molar-refractivity contribution in [1.29, 1.82) is 0 Å². The standard InChI is InChI=1S/C14H21NO4S/c1-11(16)12-5-3-7-14(9-12)20(17,18)15-8-4-6-13(10-15)19-2/h3,5,7,9,11,13,16H,4,6,8,10H2,1-2H3. The molecule has 2 atom stereocenters. The lowest BCUT2D eigenvalue weighted by atomic mass is 10.1. The highest BCUT2D eigenvalue weighted by Crippen LogP contribution is 2.24. The van der Waals surface area contributed by atoms with Crippen molar-refractivity contribution in [2.75, 3.05) is 20.2 Å². The Morgan fingerprint density at radius 2 is 2.20 bits per heavy atom. The largest absolute Gasteiger partial charge is 0.389 e. The zero-order chi connectivity index (χ0) is 14.8. The van der Waals surface area contributed by atoms with Gasteiger partial charge in [-0.25, -0.2) is 8.42 Å². The molecule has 1 aromatic carbocycles. The van der Waals surface area contributed by atoms with Gasteiger partial charge in [0.25, 0.3) is 0 Å². The van der Waals surface area contributed by atoms with Crippen LogP contribution in [0.4, 0.5) is 0 Å². The lowest BCUT2D eigenvalue weighted by Gasteiger charge is -2.31. The second kappa shape index (κ2) is 6.22. The predicted molar refractivity (Wildman–Crippen MR) is 75.9 cm³/mol. The minimum atomic E-state index is -3.52. The topological polar surface area (TPSA) is 66.8 Å². The average Bonchev–Trinajstić information content (AvgIpc) is 2.47. The van der Waals surface area contributed by atoms with Gasteiger partial charge in [-0.2, -0.15) is 4.31 Å². The molecule has 0 aromatic heterocycles. The molecule has 0 amide bonds. The number of piperidine rings is 1. The summed E-state index contributed by atoms with van der Waals surface area (Å²) in [6.07, 6.45) is 0.959. The number of aliphatic hydroxyl groups is 1. The third-order valence-electron chi connectivity index (χ3n) is 3.65. The molecule has 6 heteroatoms. The van der Waals surface area contributed by atoms with E-state index in [0.29, 0.717) is 18.7 Å². The molecule has 1 heterocycles. The molecular weight excluding hydrogens is 278 g/mol. The molecule has 5 nitrogen and oxygen atoms in total. The Balaban J connectivity index is 2.28. The second-order valence-electron chi connectivity index (χ2n) is 5.11. The van der Waals surface area contributed by atoms with Crippen molar-refractivity contribution in [3.63, 3.8) is 0 Å². The highest BCUT2D eigenvalue weighted by molar-refractivity contribution is 7.89. The van der Waals surface area contributed by atoms with E-state index in [0.717, 1.165) is 12.8 Å². The van der Waals surface area contributed by atoms with Gasteiger partial charge in [-0.1, -0.05) is 12.1 Å². The summed E-state index contributed by atoms with van der Waals surface area (Å²) in [5.74, 6) is 0. The van der Waals surface area contributed by atoms with Gasteiger partial charge < -0.3 is 9.84 Å². The van der Waals surface area contributed by atoms with Crippen LogP contribution in [0.1, 0.15) is 31.4 Å². The molecule has 112 valence electrons. The Morgan fingerprint density at radius 3 is 2.85 bits per heavy atom. The van der Waals surface area contributed by atoms with Gasteiger partial charge in [0.15, 0.2) is 0 Å². The Morgan fingerprint density at radius 1 is 1.45 bits per heavy atom. The van der Waals surface area contributed by atoms with Gasteiger partial charge in [0, 0.05) is 20.2 Å². The molecule has 0 bridgehead atoms. The number of methoxy groups -OCH3 is 1. The molecule has 0 radical (unpaired) electrons. The lowest BCUT2D eigenvalue weighted by molar-refractivity contribution is 0.0572. The number of benzene rings is 1. The first-order valence-corrected chi connectivity index (χ1v) is 8.20. The number of ether oxygens (including phenoxy) is 1. The van der Waals surface area contributed by atoms with E-state index < -0.39 is 16.1 Å². The second-order valence-corrected chi connectivity index (χ2v) is 7.05. The highest BCUT2D eigenvalue weighted by atomic mass is 32.2. The van der Waals surface area contributed by atoms with E-state index in [9.17, 15) is 13.5 Å². The fourth-order valence-electron chi connectivity index (χ4n) is 2.40. The minimum absolute atomic E-state index is 0.0431. The molecule has 1 N–H and O–H groups in total. The Kier molecular flexibility index (Phi) is 4.80. The number of aliphatic hydroxyl groups excluding tert-OH is 1. The summed E-state index contributed by atoms with van der Waals surface area (Å²) in [7, 11) is -1.91. The van der Waals surface area contributed by atoms with Crippen LogP contribution in [0.25, 0.3) is 0 Å². The van der Waals surface area contributed by atoms with E-state index in [1.165, 1.54) is 10.4 Å². The van der Waals surface area contributed by atoms with E-state index in [-0.39, 0.29) is 11.0 Å². The minimum Gasteiger partial charge on any atom is -0.389 e. The Labute approximate surface area is 120 Å². The van der Waals surface area contributed by atoms with Gasteiger partial charge in [-0.3, -0.25) is 0 Å². The van der Waals surface area contributed by atoms with Gasteiger partial charge in [-0.05, 0) is 37.5 Å². The molecule has 2 rings (SSSR count). The summed E-state index contributed by atoms with van der Waals surface area (Å²) in [5.41, 5.74) is 0.603. The zero-order valence-electron chi connectivity index (χ0n) is 11.8. The smallest absolute Gasteiger partial charge is 0.243 e. The Hall–Kier alpha value is -0.950. The van der Waals surface area contributed by atoms with Crippen LogP contribution in [-0.2, 0) is 14.8 Å². The summed E-state index contributed by atoms with van der Waals surface area (Å²) in [6.45, 7) is 2.52. The fraction of sp³-hybridized carbons (Fsp3) is 0.571. The predicted octanol–water partition coefficient (Wildman–Crippen LogP) is 1.54. The first-order valence-electron chi connectivity index (χ1n) is 6.76. The van der Waals surface area contributed by atoms with Crippen LogP contribution in [-0.4, -0.2) is 44.1 Å². The molecule has 0 saturated carbocycles. The van der Waals surface area contributed by atoms with Gasteiger partial charge >= 0.3 is 0 Å². The number of hydrogen-bond donors (Lipinski definition) is 1. The summed E-state index contributed by atoms with van der Waals surface area (Å²) >= 11 is 0. The van der Waals surface area contributed by atoms with Crippen LogP contribution in [0.2, 0.25) is 0 Å². The fourth-order valence-corrected chi connectivity index (χ4v) is 3.97. The van der Waals surface area contributed by atoms with Gasteiger partial charge in [-0.15, -0.1) is 0 Å². The van der Waals surface area contributed by atoms with Crippen molar-refractivity contribution in [1.82, 2.24) is 4.31 Å². The van der Waals surface area contributed by atoms with Crippen LogP contribution < -0.4 is 0 Å². The van der Waals surface area contributed by atoms with E-state index in [1.807, 2.05) is 0 Å². The molecule has 1 saturated heterocycles. The van der Waals surface area contributed by atoms with Crippen LogP contribution in [0.15, 0.2) is 29.2 Å². The number of nitrogens with zero attached hydrogens (tertiary/aromatic N) is 1. The summed E-state index contributed by atoms with van der Waals surface area (Å²) in [4.78, 5) is 0.229. The number of sulfonamides is 1. The van der Waals surface area contributed by atoms with Crippen molar-refractivity contribution >= 4 is 10.0 Å². The average molecular weight is 299 g/mol. The number of rotatable bonds is 4.